The monoisotopic (exact) mass is 364 g/mol. The Labute approximate surface area is 144 Å². The molecule has 0 radical (unpaired) electrons. The maximum Gasteiger partial charge on any atom is 0.216 e. The number of hydrogen-bond acceptors (Lipinski definition) is 5. The van der Waals surface area contributed by atoms with Crippen molar-refractivity contribution < 1.29 is 22.7 Å². The van der Waals surface area contributed by atoms with Crippen molar-refractivity contribution >= 4 is 33.3 Å². The summed E-state index contributed by atoms with van der Waals surface area (Å²) in [6.45, 7) is 0. The van der Waals surface area contributed by atoms with E-state index in [-0.39, 0.29) is 27.7 Å². The molecule has 0 spiro atoms. The van der Waals surface area contributed by atoms with E-state index in [0.29, 0.717) is 5.02 Å². The summed E-state index contributed by atoms with van der Waals surface area (Å²) in [5.74, 6) is -0.355. The van der Waals surface area contributed by atoms with Crippen molar-refractivity contribution in [2.45, 2.75) is 4.90 Å². The third kappa shape index (κ3) is 3.16. The van der Waals surface area contributed by atoms with Gasteiger partial charge in [0.1, 0.15) is 16.4 Å². The quantitative estimate of drug-likeness (QED) is 0.614. The lowest BCUT2D eigenvalue weighted by Gasteiger charge is -2.07. The smallest absolute Gasteiger partial charge is 0.216 e. The lowest BCUT2D eigenvalue weighted by atomic mass is 10.1. The zero-order chi connectivity index (χ0) is 17.3. The van der Waals surface area contributed by atoms with Crippen LogP contribution >= 0.6 is 11.6 Å². The van der Waals surface area contributed by atoms with E-state index in [4.69, 9.17) is 21.1 Å². The van der Waals surface area contributed by atoms with Crippen molar-refractivity contribution in [3.63, 3.8) is 0 Å². The van der Waals surface area contributed by atoms with E-state index in [1.165, 1.54) is 25.3 Å². The minimum atomic E-state index is -3.53. The van der Waals surface area contributed by atoms with Gasteiger partial charge in [0, 0.05) is 11.1 Å². The van der Waals surface area contributed by atoms with E-state index in [0.717, 1.165) is 5.56 Å². The summed E-state index contributed by atoms with van der Waals surface area (Å²) < 4.78 is 34.2. The first kappa shape index (κ1) is 16.5. The summed E-state index contributed by atoms with van der Waals surface area (Å²) >= 11 is 5.90. The van der Waals surface area contributed by atoms with Crippen molar-refractivity contribution in [2.24, 2.45) is 0 Å². The van der Waals surface area contributed by atoms with E-state index in [2.05, 4.69) is 0 Å². The molecule has 0 fully saturated rings. The van der Waals surface area contributed by atoms with Gasteiger partial charge in [-0.2, -0.15) is 0 Å². The zero-order valence-corrected chi connectivity index (χ0v) is 14.2. The Hall–Kier alpha value is -2.31. The van der Waals surface area contributed by atoms with Gasteiger partial charge in [-0.15, -0.1) is 0 Å². The average Bonchev–Trinajstić information content (AvgIpc) is 2.86. The lowest BCUT2D eigenvalue weighted by Crippen LogP contribution is -2.03. The summed E-state index contributed by atoms with van der Waals surface area (Å²) in [6, 6.07) is 9.72. The summed E-state index contributed by atoms with van der Waals surface area (Å²) in [5, 5.41) is 0.558. The van der Waals surface area contributed by atoms with Crippen LogP contribution in [-0.2, 0) is 9.84 Å². The van der Waals surface area contributed by atoms with Crippen LogP contribution in [0.4, 0.5) is 0 Å². The van der Waals surface area contributed by atoms with Crippen molar-refractivity contribution in [3.05, 3.63) is 58.6 Å². The Morgan fingerprint density at radius 3 is 2.79 bits per heavy atom. The molecule has 0 saturated heterocycles. The molecule has 3 rings (SSSR count). The highest BCUT2D eigenvalue weighted by Gasteiger charge is 2.30. The van der Waals surface area contributed by atoms with Crippen LogP contribution in [0, 0.1) is 0 Å². The number of benzene rings is 2. The minimum absolute atomic E-state index is 0.00260. The summed E-state index contributed by atoms with van der Waals surface area (Å²) in [4.78, 5) is 12.5. The van der Waals surface area contributed by atoms with Crippen LogP contribution in [0.5, 0.6) is 11.5 Å². The van der Waals surface area contributed by atoms with Crippen LogP contribution in [0.2, 0.25) is 5.02 Å². The number of fused-ring (bicyclic) bond motifs is 1. The molecule has 7 heteroatoms. The Morgan fingerprint density at radius 1 is 1.29 bits per heavy atom. The highest BCUT2D eigenvalue weighted by atomic mass is 35.5. The second kappa shape index (κ2) is 6.30. The number of ketones is 1. The summed E-state index contributed by atoms with van der Waals surface area (Å²) in [5.41, 5.74) is 0.913. The second-order valence-electron chi connectivity index (χ2n) is 5.13. The van der Waals surface area contributed by atoms with Crippen molar-refractivity contribution in [1.82, 2.24) is 0 Å². The molecule has 0 N–H and O–H groups in total. The molecule has 124 valence electrons. The van der Waals surface area contributed by atoms with Crippen LogP contribution in [-0.4, -0.2) is 27.2 Å². The van der Waals surface area contributed by atoms with Crippen LogP contribution in [0.25, 0.3) is 6.08 Å². The van der Waals surface area contributed by atoms with Crippen LogP contribution in [0.3, 0.4) is 0 Å². The first-order chi connectivity index (χ1) is 11.4. The van der Waals surface area contributed by atoms with Crippen molar-refractivity contribution in [3.8, 4) is 11.5 Å². The molecule has 2 aromatic rings. The van der Waals surface area contributed by atoms with Crippen LogP contribution < -0.4 is 9.47 Å². The third-order valence-corrected chi connectivity index (χ3v) is 5.16. The molecular formula is C17H13ClO5S. The maximum absolute atomic E-state index is 12.5. The normalized spacial score (nSPS) is 15.1. The van der Waals surface area contributed by atoms with Crippen molar-refractivity contribution in [1.29, 1.82) is 0 Å². The fourth-order valence-electron chi connectivity index (χ4n) is 2.34. The van der Waals surface area contributed by atoms with Gasteiger partial charge in [0.05, 0.1) is 12.7 Å². The van der Waals surface area contributed by atoms with E-state index in [9.17, 15) is 13.2 Å². The molecule has 0 saturated carbocycles. The SMILES string of the molecule is COc1cc2c(cc1C(=O)C=Cc1cccc(Cl)c1)S(=O)(=O)CO2. The van der Waals surface area contributed by atoms with Crippen molar-refractivity contribution in [2.75, 3.05) is 13.0 Å². The average molecular weight is 365 g/mol. The molecule has 0 atom stereocenters. The number of hydrogen-bond donors (Lipinski definition) is 0. The fourth-order valence-corrected chi connectivity index (χ4v) is 3.66. The second-order valence-corrected chi connectivity index (χ2v) is 7.47. The number of methoxy groups -OCH3 is 1. The number of sulfone groups is 1. The first-order valence-electron chi connectivity index (χ1n) is 6.96. The highest BCUT2D eigenvalue weighted by Crippen LogP contribution is 2.37. The van der Waals surface area contributed by atoms with E-state index < -0.39 is 15.8 Å². The van der Waals surface area contributed by atoms with E-state index in [1.807, 2.05) is 0 Å². The topological polar surface area (TPSA) is 69.7 Å². The van der Waals surface area contributed by atoms with Gasteiger partial charge in [-0.25, -0.2) is 8.42 Å². The Balaban J connectivity index is 1.98. The predicted molar refractivity (Wildman–Crippen MR) is 90.5 cm³/mol. The first-order valence-corrected chi connectivity index (χ1v) is 8.99. The Morgan fingerprint density at radius 2 is 2.08 bits per heavy atom. The van der Waals surface area contributed by atoms with Crippen LogP contribution in [0.1, 0.15) is 15.9 Å². The van der Waals surface area contributed by atoms with E-state index >= 15 is 0 Å². The highest BCUT2D eigenvalue weighted by molar-refractivity contribution is 7.91. The molecule has 2 aromatic carbocycles. The summed E-state index contributed by atoms with van der Waals surface area (Å²) in [6.07, 6.45) is 2.95. The third-order valence-electron chi connectivity index (χ3n) is 3.51. The van der Waals surface area contributed by atoms with Crippen LogP contribution in [0.15, 0.2) is 47.4 Å². The zero-order valence-electron chi connectivity index (χ0n) is 12.7. The standard InChI is InChI=1S/C17H13ClO5S/c1-22-15-9-16-17(24(20,21)10-23-16)8-13(15)14(19)6-5-11-3-2-4-12(18)7-11/h2-9H,10H2,1H3. The molecule has 0 aliphatic carbocycles. The molecule has 1 aliphatic heterocycles. The number of carbonyl (C=O) groups excluding carboxylic acids is 1. The van der Waals surface area contributed by atoms with Gasteiger partial charge in [0.25, 0.3) is 0 Å². The van der Waals surface area contributed by atoms with Gasteiger partial charge in [0.15, 0.2) is 11.7 Å². The number of rotatable bonds is 4. The predicted octanol–water partition coefficient (Wildman–Crippen LogP) is 3.37. The van der Waals surface area contributed by atoms with Gasteiger partial charge in [0.2, 0.25) is 9.84 Å². The Kier molecular flexibility index (Phi) is 4.34. The largest absolute Gasteiger partial charge is 0.496 e. The molecule has 0 bridgehead atoms. The number of halogens is 1. The molecule has 0 aromatic heterocycles. The maximum atomic E-state index is 12.5. The van der Waals surface area contributed by atoms with Gasteiger partial charge >= 0.3 is 0 Å². The summed E-state index contributed by atoms with van der Waals surface area (Å²) in [7, 11) is -2.13. The van der Waals surface area contributed by atoms with Gasteiger partial charge in [-0.1, -0.05) is 29.8 Å². The molecular weight excluding hydrogens is 352 g/mol. The minimum Gasteiger partial charge on any atom is -0.496 e. The Bertz CT molecular complexity index is 947. The van der Waals surface area contributed by atoms with Gasteiger partial charge in [-0.3, -0.25) is 4.79 Å². The molecule has 1 aliphatic rings. The van der Waals surface area contributed by atoms with E-state index in [1.54, 1.807) is 30.3 Å². The molecule has 5 nitrogen and oxygen atoms in total. The van der Waals surface area contributed by atoms with Gasteiger partial charge < -0.3 is 9.47 Å². The molecule has 1 heterocycles. The molecule has 24 heavy (non-hydrogen) atoms. The molecule has 0 unspecified atom stereocenters. The lowest BCUT2D eigenvalue weighted by molar-refractivity contribution is 0.104. The van der Waals surface area contributed by atoms with Gasteiger partial charge in [-0.05, 0) is 29.8 Å². The number of carbonyl (C=O) groups is 1. The molecule has 0 amide bonds. The number of ether oxygens (including phenoxy) is 2. The fraction of sp³-hybridized carbons (Fsp3) is 0.118. The number of allylic oxidation sites excluding steroid dienone is 1.